The lowest BCUT2D eigenvalue weighted by molar-refractivity contribution is -0.129. The minimum absolute atomic E-state index is 0.108. The normalized spacial score (nSPS) is 16.4. The van der Waals surface area contributed by atoms with Gasteiger partial charge in [-0.2, -0.15) is 0 Å². The topological polar surface area (TPSA) is 38.7 Å². The van der Waals surface area contributed by atoms with Crippen LogP contribution in [0.25, 0.3) is 6.08 Å². The summed E-state index contributed by atoms with van der Waals surface area (Å²) in [5, 5.41) is 0. The fourth-order valence-electron chi connectivity index (χ4n) is 2.35. The maximum atomic E-state index is 12.0. The van der Waals surface area contributed by atoms with Crippen LogP contribution in [0.1, 0.15) is 37.5 Å². The van der Waals surface area contributed by atoms with Gasteiger partial charge in [0.05, 0.1) is 0 Å². The number of nitrogens with zero attached hydrogens (tertiary/aromatic N) is 1. The number of cyclic esters (lactones) is 1. The molecule has 2 aromatic carbocycles. The summed E-state index contributed by atoms with van der Waals surface area (Å²) in [5.74, 6) is -0.0584. The van der Waals surface area contributed by atoms with Crippen molar-refractivity contribution in [3.63, 3.8) is 0 Å². The Balaban J connectivity index is 1.88. The summed E-state index contributed by atoms with van der Waals surface area (Å²) in [5.41, 5.74) is 3.42. The highest BCUT2D eigenvalue weighted by atomic mass is 16.6. The molecule has 0 aliphatic carbocycles. The van der Waals surface area contributed by atoms with Crippen LogP contribution in [0.2, 0.25) is 0 Å². The lowest BCUT2D eigenvalue weighted by Gasteiger charge is -2.18. The van der Waals surface area contributed by atoms with Crippen LogP contribution in [0.4, 0.5) is 0 Å². The standard InChI is InChI=1S/C20H19NO2/c1-20(2,3)16-11-9-14(10-12-16)13-17-19(22)23-18(21-17)15-7-5-4-6-8-15/h4-13H,1-3H3/b17-13+. The summed E-state index contributed by atoms with van der Waals surface area (Å²) < 4.78 is 5.25. The summed E-state index contributed by atoms with van der Waals surface area (Å²) in [6.45, 7) is 6.52. The van der Waals surface area contributed by atoms with Crippen molar-refractivity contribution in [3.05, 3.63) is 77.0 Å². The predicted molar refractivity (Wildman–Crippen MR) is 92.2 cm³/mol. The van der Waals surface area contributed by atoms with E-state index in [0.29, 0.717) is 11.6 Å². The van der Waals surface area contributed by atoms with E-state index in [0.717, 1.165) is 11.1 Å². The van der Waals surface area contributed by atoms with Gasteiger partial charge in [0, 0.05) is 5.56 Å². The van der Waals surface area contributed by atoms with E-state index in [1.807, 2.05) is 42.5 Å². The Kier molecular flexibility index (Phi) is 3.87. The fraction of sp³-hybridized carbons (Fsp3) is 0.200. The number of esters is 1. The van der Waals surface area contributed by atoms with Crippen LogP contribution in [0, 0.1) is 0 Å². The van der Waals surface area contributed by atoms with Crippen molar-refractivity contribution in [1.29, 1.82) is 0 Å². The zero-order valence-corrected chi connectivity index (χ0v) is 13.5. The molecule has 23 heavy (non-hydrogen) atoms. The first-order valence-electron chi connectivity index (χ1n) is 7.62. The van der Waals surface area contributed by atoms with Gasteiger partial charge in [0.2, 0.25) is 5.90 Å². The molecule has 2 aromatic rings. The van der Waals surface area contributed by atoms with Crippen molar-refractivity contribution in [3.8, 4) is 0 Å². The number of hydrogen-bond donors (Lipinski definition) is 0. The van der Waals surface area contributed by atoms with Crippen molar-refractivity contribution >= 4 is 17.9 Å². The smallest absolute Gasteiger partial charge is 0.363 e. The third kappa shape index (κ3) is 3.39. The SMILES string of the molecule is CC(C)(C)c1ccc(/C=C2/N=C(c3ccccc3)OC2=O)cc1. The van der Waals surface area contributed by atoms with Crippen LogP contribution < -0.4 is 0 Å². The highest BCUT2D eigenvalue weighted by Crippen LogP contribution is 2.24. The first-order valence-corrected chi connectivity index (χ1v) is 7.62. The van der Waals surface area contributed by atoms with Gasteiger partial charge in [-0.3, -0.25) is 0 Å². The molecular formula is C20H19NO2. The molecule has 0 N–H and O–H groups in total. The van der Waals surface area contributed by atoms with E-state index in [1.165, 1.54) is 5.56 Å². The third-order valence-corrected chi connectivity index (χ3v) is 3.72. The molecule has 1 heterocycles. The van der Waals surface area contributed by atoms with Crippen LogP contribution in [0.5, 0.6) is 0 Å². The van der Waals surface area contributed by atoms with E-state index in [9.17, 15) is 4.79 Å². The molecule has 116 valence electrons. The average Bonchev–Trinajstić information content (AvgIpc) is 2.89. The van der Waals surface area contributed by atoms with Crippen LogP contribution in [-0.2, 0) is 14.9 Å². The van der Waals surface area contributed by atoms with Gasteiger partial charge in [0.1, 0.15) is 0 Å². The van der Waals surface area contributed by atoms with Crippen LogP contribution >= 0.6 is 0 Å². The molecule has 0 unspecified atom stereocenters. The van der Waals surface area contributed by atoms with Crippen molar-refractivity contribution < 1.29 is 9.53 Å². The van der Waals surface area contributed by atoms with Crippen molar-refractivity contribution in [2.45, 2.75) is 26.2 Å². The Morgan fingerprint density at radius 1 is 0.957 bits per heavy atom. The Bertz CT molecular complexity index is 779. The van der Waals surface area contributed by atoms with Crippen LogP contribution in [0.3, 0.4) is 0 Å². The van der Waals surface area contributed by atoms with Gasteiger partial charge in [0.15, 0.2) is 5.70 Å². The van der Waals surface area contributed by atoms with Crippen molar-refractivity contribution in [1.82, 2.24) is 0 Å². The molecule has 0 radical (unpaired) electrons. The average molecular weight is 305 g/mol. The summed E-state index contributed by atoms with van der Waals surface area (Å²) >= 11 is 0. The lowest BCUT2D eigenvalue weighted by Crippen LogP contribution is -2.10. The molecule has 0 spiro atoms. The summed E-state index contributed by atoms with van der Waals surface area (Å²) in [7, 11) is 0. The van der Waals surface area contributed by atoms with Crippen molar-refractivity contribution in [2.24, 2.45) is 4.99 Å². The predicted octanol–water partition coefficient (Wildman–Crippen LogP) is 4.33. The molecule has 0 saturated heterocycles. The zero-order valence-electron chi connectivity index (χ0n) is 13.5. The molecule has 0 atom stereocenters. The van der Waals surface area contributed by atoms with Gasteiger partial charge in [-0.25, -0.2) is 9.79 Å². The number of rotatable bonds is 2. The number of aliphatic imine (C=N–C) groups is 1. The molecule has 0 aromatic heterocycles. The summed E-state index contributed by atoms with van der Waals surface area (Å²) in [4.78, 5) is 16.3. The van der Waals surface area contributed by atoms with Crippen LogP contribution in [0.15, 0.2) is 65.3 Å². The number of hydrogen-bond acceptors (Lipinski definition) is 3. The quantitative estimate of drug-likeness (QED) is 0.612. The molecule has 0 saturated carbocycles. The fourth-order valence-corrected chi connectivity index (χ4v) is 2.35. The van der Waals surface area contributed by atoms with Gasteiger partial charge in [-0.15, -0.1) is 0 Å². The van der Waals surface area contributed by atoms with E-state index in [1.54, 1.807) is 6.08 Å². The molecule has 0 bridgehead atoms. The van der Waals surface area contributed by atoms with E-state index in [2.05, 4.69) is 37.9 Å². The second-order valence-corrected chi connectivity index (χ2v) is 6.57. The summed E-state index contributed by atoms with van der Waals surface area (Å²) in [6, 6.07) is 17.6. The van der Waals surface area contributed by atoms with E-state index < -0.39 is 5.97 Å². The number of carbonyl (C=O) groups excluding carboxylic acids is 1. The first-order chi connectivity index (χ1) is 10.9. The summed E-state index contributed by atoms with van der Waals surface area (Å²) in [6.07, 6.45) is 1.75. The lowest BCUT2D eigenvalue weighted by atomic mass is 9.87. The zero-order chi connectivity index (χ0) is 16.4. The number of ether oxygens (including phenoxy) is 1. The Morgan fingerprint density at radius 3 is 2.22 bits per heavy atom. The van der Waals surface area contributed by atoms with Gasteiger partial charge in [-0.1, -0.05) is 63.2 Å². The number of benzene rings is 2. The van der Waals surface area contributed by atoms with Crippen molar-refractivity contribution in [2.75, 3.05) is 0 Å². The molecule has 1 aliphatic heterocycles. The maximum absolute atomic E-state index is 12.0. The van der Waals surface area contributed by atoms with E-state index in [-0.39, 0.29) is 5.41 Å². The first kappa shape index (κ1) is 15.2. The highest BCUT2D eigenvalue weighted by Gasteiger charge is 2.24. The Hall–Kier alpha value is -2.68. The molecular weight excluding hydrogens is 286 g/mol. The van der Waals surface area contributed by atoms with Gasteiger partial charge >= 0.3 is 5.97 Å². The molecule has 3 rings (SSSR count). The second-order valence-electron chi connectivity index (χ2n) is 6.57. The third-order valence-electron chi connectivity index (χ3n) is 3.72. The van der Waals surface area contributed by atoms with Gasteiger partial charge < -0.3 is 4.74 Å². The van der Waals surface area contributed by atoms with E-state index in [4.69, 9.17) is 4.74 Å². The molecule has 1 aliphatic rings. The molecule has 0 fully saturated rings. The molecule has 0 amide bonds. The van der Waals surface area contributed by atoms with Gasteiger partial charge in [-0.05, 0) is 34.8 Å². The number of carbonyl (C=O) groups is 1. The highest BCUT2D eigenvalue weighted by molar-refractivity contribution is 6.12. The minimum Gasteiger partial charge on any atom is -0.402 e. The van der Waals surface area contributed by atoms with E-state index >= 15 is 0 Å². The van der Waals surface area contributed by atoms with Gasteiger partial charge in [0.25, 0.3) is 0 Å². The Labute approximate surface area is 136 Å². The maximum Gasteiger partial charge on any atom is 0.363 e. The second kappa shape index (κ2) is 5.84. The minimum atomic E-state index is -0.413. The van der Waals surface area contributed by atoms with Crippen LogP contribution in [-0.4, -0.2) is 11.9 Å². The monoisotopic (exact) mass is 305 g/mol. The molecule has 3 nitrogen and oxygen atoms in total. The molecule has 3 heteroatoms. The Morgan fingerprint density at radius 2 is 1.61 bits per heavy atom. The largest absolute Gasteiger partial charge is 0.402 e.